The summed E-state index contributed by atoms with van der Waals surface area (Å²) in [6.45, 7) is 21.4. The number of ketones is 3. The van der Waals surface area contributed by atoms with Gasteiger partial charge in [-0.15, -0.1) is 0 Å². The van der Waals surface area contributed by atoms with Crippen molar-refractivity contribution in [1.82, 2.24) is 20.9 Å². The number of ether oxygens (including phenoxy) is 1. The number of Topliss-reactive ketones (excluding diaryl/α,β-unsaturated/α-hetero) is 3. The highest BCUT2D eigenvalue weighted by Gasteiger charge is 2.32. The number of phenols is 1. The minimum Gasteiger partial charge on any atom is -0.508 e. The SMILES string of the molecule is C.CC.CC.CC.Cc1cc(O)cc(C)c1C[C@H](NC(=O)[C@H](N)CCCN=C(N)N)C(=O)N[C@@H](Cc1ccncc1)C(=O)N[C@@H](Cc1ccccc1)C(N)=O.O=C(CO)OCC1c2ccccc2-c2ccccc21.[2HH].[2HH].[2HH].[2H]C[3H].[2H]N[C@@H](CCCN=C(N)N)C(C)=O.[2H]N[C@@H](CCCN=C(N)N)C(C)=O.[2H]N[C@@H](CCCN=C(N)N)C(C)=O.[3H]C.[3H]O.[3H]O. The van der Waals surface area contributed by atoms with Crippen molar-refractivity contribution in [2.45, 2.75) is 217 Å². The normalized spacial score (nSPS) is 12.5. The Labute approximate surface area is 691 Å². The highest BCUT2D eigenvalue weighted by molar-refractivity contribution is 5.95. The van der Waals surface area contributed by atoms with E-state index >= 15 is 0 Å². The first-order valence-electron chi connectivity index (χ1n) is 41.1. The average molecular weight is 1630 g/mol. The van der Waals surface area contributed by atoms with Crippen molar-refractivity contribution in [3.8, 4) is 16.9 Å². The van der Waals surface area contributed by atoms with E-state index in [9.17, 15) is 43.5 Å². The second-order valence-corrected chi connectivity index (χ2v) is 24.1. The summed E-state index contributed by atoms with van der Waals surface area (Å²) < 4.78 is 52.7. The van der Waals surface area contributed by atoms with E-state index < -0.39 is 78.5 Å². The quantitative estimate of drug-likeness (QED) is 0.0117. The van der Waals surface area contributed by atoms with Gasteiger partial charge in [-0.3, -0.25) is 58.5 Å². The van der Waals surface area contributed by atoms with E-state index in [1.54, 1.807) is 50.5 Å². The number of nitrogens with zero attached hydrogens (tertiary/aromatic N) is 5. The standard InChI is InChI=1S/C34H45N9O5.C16H14O3.3C7H16N4O.3C2H6.3CH4.2H2O.3H2/c1-20-15-24(44)16-21(2)25(20)19-29(42-31(46)26(35)9-6-12-40-34(37)38)33(48)43-28(18-23-10-13-39-14-11-23)32(47)41-27(30(36)45)17-22-7-4-3-5-8-22;17-9-16(18)19-10-15-13-7-3-1-5-11(13)12-6-2-4-8-14(12)15;3*1-5(12)6(8)3-2-4-11-7(9)10;3*1-2;;;;;;;;/h3-5,7-8,10-11,13-16,26-29,44H,6,9,12,17-19,35H2,1-2H3,(H2,36,45)(H,41,47)(H,42,46)(H,43,48)(H4,37,38,40);1-8,15,17H,9-10H2;3*6H,2-4,8H2,1H3,(H4,9,10,11);3*1-2H3;3*1H4;2*1H2;3*1H/t26-,27+,28+,29+;;3*6-;;;;;;;;;;;/m1.000.........../s1/i;;;;;;;;1TD;1T;;;;3*1+1/hT2D3. The molecule has 1 aromatic heterocycles. The van der Waals surface area contributed by atoms with Crippen molar-refractivity contribution in [3.63, 3.8) is 0 Å². The molecule has 0 saturated carbocycles. The van der Waals surface area contributed by atoms with Crippen molar-refractivity contribution >= 4 is 70.8 Å². The van der Waals surface area contributed by atoms with Gasteiger partial charge in [-0.1, -0.05) is 143 Å². The van der Waals surface area contributed by atoms with Gasteiger partial charge in [-0.2, -0.15) is 0 Å². The van der Waals surface area contributed by atoms with E-state index in [2.05, 4.69) is 82.3 Å². The molecule has 0 unspecified atom stereocenters. The fourth-order valence-corrected chi connectivity index (χ4v) is 10.00. The molecule has 0 aliphatic heterocycles. The molecule has 34 heteroatoms. The lowest BCUT2D eigenvalue weighted by atomic mass is 9.94. The number of amides is 4. The number of primary amides is 1. The van der Waals surface area contributed by atoms with E-state index in [0.29, 0.717) is 81.3 Å². The van der Waals surface area contributed by atoms with E-state index in [0.717, 1.165) is 11.1 Å². The number of nitrogens with one attached hydrogen (secondary N) is 3. The number of benzene rings is 4. The van der Waals surface area contributed by atoms with Crippen LogP contribution in [0.2, 0.25) is 4.24 Å². The highest BCUT2D eigenvalue weighted by Crippen LogP contribution is 2.44. The molecule has 0 spiro atoms. The first kappa shape index (κ1) is 99.1. The number of aryl methyl sites for hydroxylation is 2. The molecule has 1 aliphatic carbocycles. The first-order chi connectivity index (χ1) is 57.8. The maximum atomic E-state index is 14.0. The molecule has 35 N–H and O–H groups in total. The maximum absolute atomic E-state index is 14.0. The summed E-state index contributed by atoms with van der Waals surface area (Å²) in [6, 6.07) is 26.3. The van der Waals surface area contributed by atoms with Crippen LogP contribution in [0.25, 0.3) is 11.1 Å². The summed E-state index contributed by atoms with van der Waals surface area (Å²) in [5, 5.41) is 27.0. The van der Waals surface area contributed by atoms with Crippen molar-refractivity contribution in [2.24, 2.45) is 94.5 Å². The predicted molar refractivity (Wildman–Crippen MR) is 468 cm³/mol. The fourth-order valence-electron chi connectivity index (χ4n) is 10.00. The van der Waals surface area contributed by atoms with E-state index in [-0.39, 0.29) is 111 Å². The van der Waals surface area contributed by atoms with Gasteiger partial charge in [-0.25, -0.2) is 4.79 Å². The number of carbonyl (C=O) groups is 8. The lowest BCUT2D eigenvalue weighted by molar-refractivity contribution is -0.147. The lowest BCUT2D eigenvalue weighted by Crippen LogP contribution is -2.58. The Hall–Kier alpha value is -11.0. The molecular formula is C80H147N21O13. The summed E-state index contributed by atoms with van der Waals surface area (Å²) in [4.78, 5) is 116. The number of aromatic nitrogens is 1. The number of carbonyl (C=O) groups excluding carboxylic acids is 8. The predicted octanol–water partition coefficient (Wildman–Crippen LogP) is 3.03. The van der Waals surface area contributed by atoms with Crippen molar-refractivity contribution in [1.29, 1.82) is 0 Å². The minimum absolute atomic E-state index is 0. The molecule has 1 heterocycles. The number of pyridine rings is 1. The number of guanidine groups is 4. The van der Waals surface area contributed by atoms with Gasteiger partial charge in [0, 0.05) is 72.1 Å². The number of rotatable bonds is 38. The van der Waals surface area contributed by atoms with Crippen LogP contribution in [0.5, 0.6) is 5.75 Å². The van der Waals surface area contributed by atoms with Crippen molar-refractivity contribution < 1.29 is 79.8 Å². The summed E-state index contributed by atoms with van der Waals surface area (Å²) >= 11 is 0. The number of hydrogen-bond acceptors (Lipinski definition) is 20. The number of aliphatic imine (C=N–C) groups is 4. The number of phenolic OH excluding ortho intramolecular Hbond substituents is 1. The number of aliphatic hydroxyl groups is 1. The number of aliphatic hydroxyl groups excluding tert-OH is 1. The molecular weight excluding hydrogens is 1460 g/mol. The molecule has 6 rings (SSSR count). The monoisotopic (exact) mass is 1630 g/mol. The summed E-state index contributed by atoms with van der Waals surface area (Å²) in [5.74, 6) is -3.11. The zero-order valence-electron chi connectivity index (χ0n) is 75.8. The number of fused-ring (bicyclic) bond motifs is 3. The van der Waals surface area contributed by atoms with E-state index in [1.165, 1.54) is 50.4 Å². The van der Waals surface area contributed by atoms with Gasteiger partial charge < -0.3 is 116 Å². The molecule has 4 aromatic carbocycles. The molecule has 0 fully saturated rings. The van der Waals surface area contributed by atoms with Gasteiger partial charge in [0.15, 0.2) is 23.8 Å². The van der Waals surface area contributed by atoms with E-state index in [4.69, 9.17) is 89.3 Å². The van der Waals surface area contributed by atoms with Gasteiger partial charge in [0.05, 0.1) is 24.2 Å². The largest absolute Gasteiger partial charge is 0.508 e. The van der Waals surface area contributed by atoms with Crippen LogP contribution in [0.1, 0.15) is 192 Å². The fraction of sp³-hybridized carbons (Fsp3) is 0.487. The third kappa shape index (κ3) is 50.1. The number of nitrogens with two attached hydrogens (primary N) is 13. The zero-order valence-corrected chi connectivity index (χ0v) is 67.8. The van der Waals surface area contributed by atoms with Crippen LogP contribution in [0.4, 0.5) is 0 Å². The van der Waals surface area contributed by atoms with Crippen molar-refractivity contribution in [3.05, 3.63) is 154 Å². The number of aromatic hydroxyl groups is 1. The molecule has 1 aliphatic rings. The Morgan fingerprint density at radius 1 is 0.544 bits per heavy atom. The molecule has 7 atom stereocenters. The molecule has 34 nitrogen and oxygen atoms in total. The first-order valence-corrected chi connectivity index (χ1v) is 36.2. The Balaban J connectivity index is -0.000000177. The Bertz CT molecular complexity index is 3590. The molecule has 0 saturated heterocycles. The minimum atomic E-state index is -1.16. The maximum Gasteiger partial charge on any atom is 0.331 e. The third-order valence-corrected chi connectivity index (χ3v) is 15.6. The van der Waals surface area contributed by atoms with E-state index in [1.807, 2.05) is 96.1 Å². The highest BCUT2D eigenvalue weighted by atomic mass is 16.5. The number of hydrogen-bond donors (Lipinski definition) is 18. The zero-order chi connectivity index (χ0) is 94.0. The Kier molecular flexibility index (Phi) is 58.8. The van der Waals surface area contributed by atoms with Crippen LogP contribution in [0.15, 0.2) is 135 Å². The third-order valence-electron chi connectivity index (χ3n) is 15.6. The topological polar surface area (TPSA) is 686 Å². The lowest BCUT2D eigenvalue weighted by Gasteiger charge is -2.26. The van der Waals surface area contributed by atoms with Gasteiger partial charge in [0.1, 0.15) is 58.7 Å². The Morgan fingerprint density at radius 2 is 0.868 bits per heavy atom. The number of esters is 1. The molecule has 4 amide bonds. The smallest absolute Gasteiger partial charge is 0.331 e. The van der Waals surface area contributed by atoms with Gasteiger partial charge in [0.2, 0.25) is 26.5 Å². The molecule has 5 aromatic rings. The van der Waals surface area contributed by atoms with Crippen LogP contribution in [-0.4, -0.2) is 179 Å². The van der Waals surface area contributed by atoms with Crippen LogP contribution in [0, 0.1) is 13.8 Å². The average Bonchev–Trinajstić information content (AvgIpc) is 1.62. The molecule has 0 bridgehead atoms. The molecule has 650 valence electrons. The van der Waals surface area contributed by atoms with Crippen LogP contribution >= 0.6 is 0 Å². The van der Waals surface area contributed by atoms with Crippen LogP contribution in [-0.2, 0) is 62.4 Å². The van der Waals surface area contributed by atoms with Gasteiger partial charge >= 0.3 is 5.97 Å². The van der Waals surface area contributed by atoms with Gasteiger partial charge in [-0.05, 0) is 160 Å². The molecule has 114 heavy (non-hydrogen) atoms. The van der Waals surface area contributed by atoms with Gasteiger partial charge in [0.25, 0.3) is 0 Å². The summed E-state index contributed by atoms with van der Waals surface area (Å²) in [6.07, 6.45) is 7.84. The van der Waals surface area contributed by atoms with Crippen molar-refractivity contribution in [2.75, 3.05) is 39.4 Å². The summed E-state index contributed by atoms with van der Waals surface area (Å²) in [7, 11) is 1.00. The van der Waals surface area contributed by atoms with Crippen LogP contribution in [0.3, 0.4) is 0 Å². The molecule has 0 radical (unpaired) electrons. The van der Waals surface area contributed by atoms with Crippen LogP contribution < -0.4 is 90.5 Å². The Morgan fingerprint density at radius 3 is 1.22 bits per heavy atom. The second-order valence-electron chi connectivity index (χ2n) is 24.1. The summed E-state index contributed by atoms with van der Waals surface area (Å²) in [5.41, 5.74) is 80.6. The second kappa shape index (κ2) is 67.7.